The molecule has 2 aromatic rings. The van der Waals surface area contributed by atoms with Gasteiger partial charge in [0, 0.05) is 31.9 Å². The first-order valence-corrected chi connectivity index (χ1v) is 11.3. The molecule has 0 bridgehead atoms. The van der Waals surface area contributed by atoms with Gasteiger partial charge in [0.2, 0.25) is 0 Å². The van der Waals surface area contributed by atoms with Crippen LogP contribution in [0, 0.1) is 12.8 Å². The number of hydrogen-bond acceptors (Lipinski definition) is 3. The molecule has 0 spiro atoms. The molecule has 0 saturated carbocycles. The number of rotatable bonds is 6. The Kier molecular flexibility index (Phi) is 6.34. The molecule has 29 heavy (non-hydrogen) atoms. The molecule has 0 radical (unpaired) electrons. The molecule has 0 N–H and O–H groups in total. The van der Waals surface area contributed by atoms with Crippen molar-refractivity contribution in [2.75, 3.05) is 26.2 Å². The summed E-state index contributed by atoms with van der Waals surface area (Å²) >= 11 is 0. The van der Waals surface area contributed by atoms with E-state index in [1.165, 1.54) is 37.1 Å². The first kappa shape index (κ1) is 20.1. The Morgan fingerprint density at radius 3 is 2.31 bits per heavy atom. The van der Waals surface area contributed by atoms with Gasteiger partial charge in [0.15, 0.2) is 0 Å². The summed E-state index contributed by atoms with van der Waals surface area (Å²) in [4.78, 5) is 17.4. The van der Waals surface area contributed by atoms with Gasteiger partial charge in [-0.1, -0.05) is 24.3 Å². The zero-order valence-corrected chi connectivity index (χ0v) is 17.9. The fourth-order valence-corrected chi connectivity index (χ4v) is 4.80. The van der Waals surface area contributed by atoms with Gasteiger partial charge in [-0.15, -0.1) is 0 Å². The number of nitrogens with zero attached hydrogens (tertiary/aromatic N) is 4. The first-order chi connectivity index (χ1) is 14.1. The van der Waals surface area contributed by atoms with Gasteiger partial charge in [-0.2, -0.15) is 5.10 Å². The van der Waals surface area contributed by atoms with Crippen LogP contribution in [0.3, 0.4) is 0 Å². The summed E-state index contributed by atoms with van der Waals surface area (Å²) in [5.74, 6) is 0.815. The SMILES string of the molecule is CCn1ncc(C(=O)N2CCC(Cc3ccc(CN4CCCC4)cc3)CC2)c1C. The molecule has 0 atom stereocenters. The molecule has 5 nitrogen and oxygen atoms in total. The number of likely N-dealkylation sites (tertiary alicyclic amines) is 2. The molecule has 0 aliphatic carbocycles. The lowest BCUT2D eigenvalue weighted by Gasteiger charge is -2.32. The second-order valence-corrected chi connectivity index (χ2v) is 8.70. The molecule has 2 fully saturated rings. The summed E-state index contributed by atoms with van der Waals surface area (Å²) in [5, 5.41) is 4.33. The lowest BCUT2D eigenvalue weighted by molar-refractivity contribution is 0.0689. The van der Waals surface area contributed by atoms with E-state index < -0.39 is 0 Å². The Labute approximate surface area is 174 Å². The Balaban J connectivity index is 1.27. The molecule has 1 aromatic carbocycles. The van der Waals surface area contributed by atoms with E-state index in [9.17, 15) is 4.79 Å². The number of amides is 1. The summed E-state index contributed by atoms with van der Waals surface area (Å²) in [5.41, 5.74) is 4.60. The average Bonchev–Trinajstić information content (AvgIpc) is 3.39. The standard InChI is InChI=1S/C24H34N4O/c1-3-28-19(2)23(17-25-28)24(29)27-14-10-21(11-15-27)16-20-6-8-22(9-7-20)18-26-12-4-5-13-26/h6-9,17,21H,3-5,10-16,18H2,1-2H3. The molecule has 3 heterocycles. The number of piperidine rings is 1. The minimum absolute atomic E-state index is 0.145. The van der Waals surface area contributed by atoms with E-state index in [1.807, 2.05) is 16.5 Å². The molecular weight excluding hydrogens is 360 g/mol. The van der Waals surface area contributed by atoms with Gasteiger partial charge >= 0.3 is 0 Å². The van der Waals surface area contributed by atoms with Crippen LogP contribution in [0.15, 0.2) is 30.5 Å². The highest BCUT2D eigenvalue weighted by atomic mass is 16.2. The van der Waals surface area contributed by atoms with Gasteiger partial charge in [0.25, 0.3) is 5.91 Å². The zero-order valence-electron chi connectivity index (χ0n) is 17.9. The average molecular weight is 395 g/mol. The fraction of sp³-hybridized carbons (Fsp3) is 0.583. The van der Waals surface area contributed by atoms with Gasteiger partial charge < -0.3 is 4.90 Å². The van der Waals surface area contributed by atoms with Crippen molar-refractivity contribution in [2.45, 2.75) is 59.0 Å². The van der Waals surface area contributed by atoms with Crippen molar-refractivity contribution in [1.82, 2.24) is 19.6 Å². The lowest BCUT2D eigenvalue weighted by atomic mass is 9.89. The van der Waals surface area contributed by atoms with Crippen molar-refractivity contribution < 1.29 is 4.79 Å². The quantitative estimate of drug-likeness (QED) is 0.746. The highest BCUT2D eigenvalue weighted by molar-refractivity contribution is 5.95. The summed E-state index contributed by atoms with van der Waals surface area (Å²) in [6.45, 7) is 10.1. The molecule has 4 rings (SSSR count). The normalized spacial score (nSPS) is 18.5. The maximum Gasteiger partial charge on any atom is 0.257 e. The van der Waals surface area contributed by atoms with Crippen LogP contribution in [0.5, 0.6) is 0 Å². The molecule has 156 valence electrons. The van der Waals surface area contributed by atoms with E-state index in [4.69, 9.17) is 0 Å². The summed E-state index contributed by atoms with van der Waals surface area (Å²) in [6, 6.07) is 9.23. The molecule has 1 amide bonds. The topological polar surface area (TPSA) is 41.4 Å². The highest BCUT2D eigenvalue weighted by Crippen LogP contribution is 2.24. The van der Waals surface area contributed by atoms with Crippen molar-refractivity contribution in [2.24, 2.45) is 5.92 Å². The van der Waals surface area contributed by atoms with Crippen molar-refractivity contribution in [3.05, 3.63) is 52.8 Å². The number of benzene rings is 1. The van der Waals surface area contributed by atoms with Crippen LogP contribution >= 0.6 is 0 Å². The smallest absolute Gasteiger partial charge is 0.257 e. The van der Waals surface area contributed by atoms with Gasteiger partial charge in [0.1, 0.15) is 0 Å². The van der Waals surface area contributed by atoms with Gasteiger partial charge in [-0.25, -0.2) is 0 Å². The van der Waals surface area contributed by atoms with Crippen LogP contribution in [-0.2, 0) is 19.5 Å². The molecule has 0 unspecified atom stereocenters. The van der Waals surface area contributed by atoms with E-state index in [0.29, 0.717) is 5.92 Å². The summed E-state index contributed by atoms with van der Waals surface area (Å²) in [6.07, 6.45) is 7.72. The van der Waals surface area contributed by atoms with Crippen molar-refractivity contribution in [1.29, 1.82) is 0 Å². The molecule has 2 aliphatic heterocycles. The summed E-state index contributed by atoms with van der Waals surface area (Å²) < 4.78 is 1.90. The molecule has 1 aromatic heterocycles. The van der Waals surface area contributed by atoms with Crippen molar-refractivity contribution in [3.63, 3.8) is 0 Å². The maximum atomic E-state index is 12.9. The molecular formula is C24H34N4O. The number of carbonyl (C=O) groups excluding carboxylic acids is 1. The van der Waals surface area contributed by atoms with E-state index >= 15 is 0 Å². The zero-order chi connectivity index (χ0) is 20.2. The third-order valence-corrected chi connectivity index (χ3v) is 6.69. The third-order valence-electron chi connectivity index (χ3n) is 6.69. The van der Waals surface area contributed by atoms with E-state index in [2.05, 4.69) is 41.2 Å². The fourth-order valence-electron chi connectivity index (χ4n) is 4.80. The van der Waals surface area contributed by atoms with Crippen LogP contribution in [0.4, 0.5) is 0 Å². The predicted octanol–water partition coefficient (Wildman–Crippen LogP) is 3.90. The van der Waals surface area contributed by atoms with Crippen LogP contribution in [0.2, 0.25) is 0 Å². The number of hydrogen-bond donors (Lipinski definition) is 0. The van der Waals surface area contributed by atoms with Crippen molar-refractivity contribution >= 4 is 5.91 Å². The molecule has 2 aliphatic rings. The minimum Gasteiger partial charge on any atom is -0.339 e. The lowest BCUT2D eigenvalue weighted by Crippen LogP contribution is -2.39. The number of aryl methyl sites for hydroxylation is 1. The molecule has 5 heteroatoms. The van der Waals surface area contributed by atoms with Crippen molar-refractivity contribution in [3.8, 4) is 0 Å². The third kappa shape index (κ3) is 4.72. The van der Waals surface area contributed by atoms with Gasteiger partial charge in [0.05, 0.1) is 11.8 Å². The maximum absolute atomic E-state index is 12.9. The number of aromatic nitrogens is 2. The van der Waals surface area contributed by atoms with Crippen LogP contribution < -0.4 is 0 Å². The summed E-state index contributed by atoms with van der Waals surface area (Å²) in [7, 11) is 0. The van der Waals surface area contributed by atoms with Crippen LogP contribution in [0.25, 0.3) is 0 Å². The van der Waals surface area contributed by atoms with Crippen LogP contribution in [0.1, 0.15) is 59.8 Å². The first-order valence-electron chi connectivity index (χ1n) is 11.3. The minimum atomic E-state index is 0.145. The Morgan fingerprint density at radius 2 is 1.69 bits per heavy atom. The second-order valence-electron chi connectivity index (χ2n) is 8.70. The highest BCUT2D eigenvalue weighted by Gasteiger charge is 2.26. The van der Waals surface area contributed by atoms with Gasteiger partial charge in [-0.3, -0.25) is 14.4 Å². The van der Waals surface area contributed by atoms with Crippen LogP contribution in [-0.4, -0.2) is 51.7 Å². The Hall–Kier alpha value is -2.14. The largest absolute Gasteiger partial charge is 0.339 e. The van der Waals surface area contributed by atoms with Gasteiger partial charge in [-0.05, 0) is 76.1 Å². The van der Waals surface area contributed by atoms with E-state index in [1.54, 1.807) is 6.20 Å². The second kappa shape index (κ2) is 9.12. The predicted molar refractivity (Wildman–Crippen MR) is 116 cm³/mol. The Bertz CT molecular complexity index is 812. The monoisotopic (exact) mass is 394 g/mol. The van der Waals surface area contributed by atoms with E-state index in [0.717, 1.165) is 56.7 Å². The Morgan fingerprint density at radius 1 is 1.03 bits per heavy atom. The number of carbonyl (C=O) groups is 1. The van der Waals surface area contributed by atoms with E-state index in [-0.39, 0.29) is 5.91 Å². The molecule has 2 saturated heterocycles.